The molecule has 1 aliphatic rings. The van der Waals surface area contributed by atoms with Crippen molar-refractivity contribution in [2.75, 3.05) is 0 Å². The van der Waals surface area contributed by atoms with Gasteiger partial charge in [-0.15, -0.1) is 11.3 Å². The number of hydrogen-bond acceptors (Lipinski definition) is 2. The van der Waals surface area contributed by atoms with Crippen LogP contribution >= 0.6 is 11.3 Å². The Labute approximate surface area is 337 Å². The number of para-hydroxylation sites is 4. The summed E-state index contributed by atoms with van der Waals surface area (Å²) in [6, 6.07) is 66.6. The number of rotatable bonds is 4. The van der Waals surface area contributed by atoms with Gasteiger partial charge in [0.2, 0.25) is 0 Å². The number of aromatic nitrogens is 2. The van der Waals surface area contributed by atoms with Gasteiger partial charge in [-0.25, -0.2) is 0 Å². The number of furan rings is 1. The third-order valence-corrected chi connectivity index (χ3v) is 13.8. The van der Waals surface area contributed by atoms with Gasteiger partial charge in [-0.2, -0.15) is 0 Å². The van der Waals surface area contributed by atoms with Crippen LogP contribution < -0.4 is 0 Å². The van der Waals surface area contributed by atoms with E-state index >= 15 is 0 Å². The fourth-order valence-corrected chi connectivity index (χ4v) is 11.3. The Hall–Kier alpha value is -7.14. The average molecular weight is 759 g/mol. The number of nitrogens with zero attached hydrogens (tertiary/aromatic N) is 2. The normalized spacial score (nSPS) is 14.4. The van der Waals surface area contributed by atoms with E-state index in [4.69, 9.17) is 4.42 Å². The number of benzene rings is 8. The molecule has 13 rings (SSSR count). The molecule has 0 aliphatic heterocycles. The first kappa shape index (κ1) is 32.0. The summed E-state index contributed by atoms with van der Waals surface area (Å²) in [4.78, 5) is 1.43. The Morgan fingerprint density at radius 3 is 2.05 bits per heavy atom. The first-order valence-electron chi connectivity index (χ1n) is 20.0. The Balaban J connectivity index is 1.04. The van der Waals surface area contributed by atoms with Crippen molar-refractivity contribution in [3.8, 4) is 16.8 Å². The molecule has 4 aromatic heterocycles. The van der Waals surface area contributed by atoms with E-state index in [1.807, 2.05) is 17.4 Å². The molecule has 272 valence electrons. The zero-order chi connectivity index (χ0) is 37.9. The minimum Gasteiger partial charge on any atom is -0.456 e. The zero-order valence-electron chi connectivity index (χ0n) is 31.4. The predicted octanol–water partition coefficient (Wildman–Crippen LogP) is 15.2. The minimum atomic E-state index is 0.187. The smallest absolute Gasteiger partial charge is 0.135 e. The van der Waals surface area contributed by atoms with Crippen LogP contribution in [0.2, 0.25) is 0 Å². The van der Waals surface area contributed by atoms with Gasteiger partial charge in [0.05, 0.1) is 22.1 Å². The molecule has 1 atom stereocenters. The van der Waals surface area contributed by atoms with Gasteiger partial charge < -0.3 is 13.6 Å². The second-order valence-electron chi connectivity index (χ2n) is 15.6. The highest BCUT2D eigenvalue weighted by Crippen LogP contribution is 2.50. The molecule has 12 aromatic rings. The Morgan fingerprint density at radius 1 is 0.483 bits per heavy atom. The van der Waals surface area contributed by atoms with E-state index in [9.17, 15) is 0 Å². The van der Waals surface area contributed by atoms with Gasteiger partial charge >= 0.3 is 0 Å². The van der Waals surface area contributed by atoms with Crippen LogP contribution in [0.15, 0.2) is 186 Å². The summed E-state index contributed by atoms with van der Waals surface area (Å²) in [7, 11) is 0. The van der Waals surface area contributed by atoms with Crippen molar-refractivity contribution >= 4 is 98.7 Å². The summed E-state index contributed by atoms with van der Waals surface area (Å²) >= 11 is 1.94. The molecule has 0 radical (unpaired) electrons. The van der Waals surface area contributed by atoms with Crippen LogP contribution in [0.4, 0.5) is 0 Å². The topological polar surface area (TPSA) is 23.0 Å². The van der Waals surface area contributed by atoms with Crippen molar-refractivity contribution in [2.24, 2.45) is 0 Å². The fourth-order valence-electron chi connectivity index (χ4n) is 9.97. The maximum Gasteiger partial charge on any atom is 0.135 e. The van der Waals surface area contributed by atoms with E-state index in [1.54, 1.807) is 0 Å². The molecule has 0 bridgehead atoms. The van der Waals surface area contributed by atoms with Gasteiger partial charge in [-0.1, -0.05) is 121 Å². The molecular formula is C54H34N2OS. The maximum absolute atomic E-state index is 6.29. The molecule has 58 heavy (non-hydrogen) atoms. The maximum atomic E-state index is 6.29. The highest BCUT2D eigenvalue weighted by molar-refractivity contribution is 7.19. The number of fused-ring (bicyclic) bond motifs is 12. The molecule has 0 amide bonds. The molecule has 0 N–H and O–H groups in total. The Morgan fingerprint density at radius 2 is 1.17 bits per heavy atom. The molecule has 0 fully saturated rings. The Bertz CT molecular complexity index is 3670. The quantitative estimate of drug-likeness (QED) is 0.175. The van der Waals surface area contributed by atoms with E-state index in [-0.39, 0.29) is 5.92 Å². The average Bonchev–Trinajstić information content (AvgIpc) is 4.03. The van der Waals surface area contributed by atoms with Crippen LogP contribution in [-0.2, 0) is 0 Å². The first-order valence-corrected chi connectivity index (χ1v) is 20.8. The zero-order valence-corrected chi connectivity index (χ0v) is 32.2. The summed E-state index contributed by atoms with van der Waals surface area (Å²) in [5, 5.41) is 8.74. The van der Waals surface area contributed by atoms with Gasteiger partial charge in [-0.05, 0) is 95.4 Å². The van der Waals surface area contributed by atoms with Crippen molar-refractivity contribution in [1.29, 1.82) is 0 Å². The highest BCUT2D eigenvalue weighted by atomic mass is 32.1. The second kappa shape index (κ2) is 12.2. The largest absolute Gasteiger partial charge is 0.456 e. The molecule has 0 saturated carbocycles. The van der Waals surface area contributed by atoms with Crippen molar-refractivity contribution < 1.29 is 4.42 Å². The molecule has 8 aromatic carbocycles. The van der Waals surface area contributed by atoms with Crippen LogP contribution in [0.5, 0.6) is 0 Å². The molecule has 4 heterocycles. The molecular weight excluding hydrogens is 725 g/mol. The number of allylic oxidation sites excluding steroid dienone is 1. The first-order chi connectivity index (χ1) is 28.8. The molecule has 1 unspecified atom stereocenters. The molecule has 3 nitrogen and oxygen atoms in total. The summed E-state index contributed by atoms with van der Waals surface area (Å²) in [6.07, 6.45) is 3.36. The van der Waals surface area contributed by atoms with Crippen LogP contribution in [0.1, 0.15) is 28.3 Å². The van der Waals surface area contributed by atoms with E-state index in [0.29, 0.717) is 0 Å². The molecule has 0 spiro atoms. The lowest BCUT2D eigenvalue weighted by Crippen LogP contribution is -2.10. The lowest BCUT2D eigenvalue weighted by atomic mass is 9.85. The summed E-state index contributed by atoms with van der Waals surface area (Å²) < 4.78 is 12.6. The summed E-state index contributed by atoms with van der Waals surface area (Å²) in [5.41, 5.74) is 14.3. The van der Waals surface area contributed by atoms with Gasteiger partial charge in [0, 0.05) is 64.6 Å². The van der Waals surface area contributed by atoms with Gasteiger partial charge in [0.1, 0.15) is 11.2 Å². The predicted molar refractivity (Wildman–Crippen MR) is 245 cm³/mol. The van der Waals surface area contributed by atoms with Gasteiger partial charge in [-0.3, -0.25) is 0 Å². The Kier molecular flexibility index (Phi) is 6.72. The lowest BCUT2D eigenvalue weighted by molar-refractivity contribution is 0.668. The van der Waals surface area contributed by atoms with Crippen LogP contribution in [-0.4, -0.2) is 9.13 Å². The van der Waals surface area contributed by atoms with Crippen molar-refractivity contribution in [2.45, 2.75) is 12.3 Å². The minimum absolute atomic E-state index is 0.187. The number of hydrogen-bond donors (Lipinski definition) is 0. The van der Waals surface area contributed by atoms with Crippen LogP contribution in [0.3, 0.4) is 0 Å². The second-order valence-corrected chi connectivity index (χ2v) is 16.7. The van der Waals surface area contributed by atoms with Crippen molar-refractivity contribution in [1.82, 2.24) is 9.13 Å². The third kappa shape index (κ3) is 4.55. The fraction of sp³-hybridized carbons (Fsp3) is 0.0370. The van der Waals surface area contributed by atoms with Crippen LogP contribution in [0.25, 0.3) is 104 Å². The standard InChI is InChI=1S/C54H34N2OS/c1-2-13-35(14-3-1)55-46-20-8-4-15-38(46)39-27-25-34(30-49(39)55)37-19-12-22-48-53(37)42-18-5-9-21-47(42)56(48)36-31-43(54-45(32-36)41-17-7-11-24-52(41)58-54)33-26-28-51-44(29-33)40-16-6-10-23-50(40)57-51/h1-30,32,43H,31H2. The highest BCUT2D eigenvalue weighted by Gasteiger charge is 2.30. The SMILES string of the molecule is C1=C(n2c3ccccc3c3c(-c4ccc5c6ccccc6n(-c6ccccc6)c5c4)cccc32)CC(c2ccc3oc4ccccc4c3c2)c2sc3ccccc3c21. The summed E-state index contributed by atoms with van der Waals surface area (Å²) in [6.45, 7) is 0. The van der Waals surface area contributed by atoms with E-state index in [0.717, 1.165) is 17.6 Å². The van der Waals surface area contributed by atoms with E-state index in [2.05, 4.69) is 191 Å². The monoisotopic (exact) mass is 758 g/mol. The van der Waals surface area contributed by atoms with E-state index < -0.39 is 0 Å². The number of thiophene rings is 1. The van der Waals surface area contributed by atoms with Gasteiger partial charge in [0.25, 0.3) is 0 Å². The lowest BCUT2D eigenvalue weighted by Gasteiger charge is -2.26. The molecule has 0 saturated heterocycles. The molecule has 4 heteroatoms. The summed E-state index contributed by atoms with van der Waals surface area (Å²) in [5.74, 6) is 0.187. The third-order valence-electron chi connectivity index (χ3n) is 12.5. The molecule has 1 aliphatic carbocycles. The van der Waals surface area contributed by atoms with E-state index in [1.165, 1.54) is 103 Å². The van der Waals surface area contributed by atoms with Crippen LogP contribution in [0, 0.1) is 0 Å². The van der Waals surface area contributed by atoms with Crippen molar-refractivity contribution in [3.05, 3.63) is 198 Å². The van der Waals surface area contributed by atoms with Gasteiger partial charge in [0.15, 0.2) is 0 Å². The van der Waals surface area contributed by atoms with Crippen molar-refractivity contribution in [3.63, 3.8) is 0 Å².